The van der Waals surface area contributed by atoms with Crippen LogP contribution in [-0.4, -0.2) is 34.7 Å². The summed E-state index contributed by atoms with van der Waals surface area (Å²) < 4.78 is 0. The van der Waals surface area contributed by atoms with Crippen molar-refractivity contribution >= 4 is 17.4 Å². The molecule has 2 heterocycles. The SMILES string of the molecule is Cc1ccc(C2=C(N3CCCC(C)C3)C(=O)N(Cc3ccccc3)C2=O)cc1C. The van der Waals surface area contributed by atoms with E-state index in [9.17, 15) is 9.59 Å². The van der Waals surface area contributed by atoms with Gasteiger partial charge >= 0.3 is 0 Å². The van der Waals surface area contributed by atoms with Crippen molar-refractivity contribution in [2.75, 3.05) is 13.1 Å². The lowest BCUT2D eigenvalue weighted by atomic mass is 9.96. The number of carbonyl (C=O) groups excluding carboxylic acids is 2. The second-order valence-electron chi connectivity index (χ2n) is 8.40. The van der Waals surface area contributed by atoms with Gasteiger partial charge < -0.3 is 4.90 Å². The van der Waals surface area contributed by atoms with E-state index in [0.717, 1.165) is 36.2 Å². The standard InChI is InChI=1S/C25H28N2O2/c1-17-8-7-13-26(15-17)23-22(21-12-11-18(2)19(3)14-21)24(28)27(25(23)29)16-20-9-5-4-6-10-20/h4-6,9-12,14,17H,7-8,13,15-16H2,1-3H3. The molecule has 0 radical (unpaired) electrons. The zero-order chi connectivity index (χ0) is 20.5. The highest BCUT2D eigenvalue weighted by molar-refractivity contribution is 6.35. The van der Waals surface area contributed by atoms with Crippen LogP contribution in [0, 0.1) is 19.8 Å². The molecular formula is C25H28N2O2. The van der Waals surface area contributed by atoms with E-state index in [1.165, 1.54) is 16.9 Å². The number of benzene rings is 2. The highest BCUT2D eigenvalue weighted by Crippen LogP contribution is 2.35. The fraction of sp³-hybridized carbons (Fsp3) is 0.360. The predicted molar refractivity (Wildman–Crippen MR) is 115 cm³/mol. The number of aryl methyl sites for hydroxylation is 2. The molecule has 29 heavy (non-hydrogen) atoms. The summed E-state index contributed by atoms with van der Waals surface area (Å²) in [5.74, 6) is 0.167. The lowest BCUT2D eigenvalue weighted by molar-refractivity contribution is -0.138. The van der Waals surface area contributed by atoms with Crippen LogP contribution in [0.3, 0.4) is 0 Å². The zero-order valence-electron chi connectivity index (χ0n) is 17.4. The third-order valence-corrected chi connectivity index (χ3v) is 6.10. The van der Waals surface area contributed by atoms with Crippen LogP contribution in [0.15, 0.2) is 54.2 Å². The summed E-state index contributed by atoms with van der Waals surface area (Å²) >= 11 is 0. The van der Waals surface area contributed by atoms with Crippen molar-refractivity contribution in [3.05, 3.63) is 76.5 Å². The van der Waals surface area contributed by atoms with Crippen molar-refractivity contribution in [2.24, 2.45) is 5.92 Å². The van der Waals surface area contributed by atoms with Crippen LogP contribution >= 0.6 is 0 Å². The minimum atomic E-state index is -0.185. The Morgan fingerprint density at radius 1 is 0.966 bits per heavy atom. The molecule has 2 aromatic rings. The van der Waals surface area contributed by atoms with Crippen LogP contribution in [-0.2, 0) is 16.1 Å². The molecule has 2 aromatic carbocycles. The van der Waals surface area contributed by atoms with E-state index in [4.69, 9.17) is 0 Å². The average Bonchev–Trinajstić information content (AvgIpc) is 2.95. The van der Waals surface area contributed by atoms with E-state index in [1.807, 2.05) is 55.5 Å². The van der Waals surface area contributed by atoms with Gasteiger partial charge in [0.05, 0.1) is 12.1 Å². The largest absolute Gasteiger partial charge is 0.366 e. The number of hydrogen-bond donors (Lipinski definition) is 0. The molecule has 0 aromatic heterocycles. The molecule has 0 bridgehead atoms. The summed E-state index contributed by atoms with van der Waals surface area (Å²) in [5, 5.41) is 0. The van der Waals surface area contributed by atoms with Crippen molar-refractivity contribution in [3.63, 3.8) is 0 Å². The summed E-state index contributed by atoms with van der Waals surface area (Å²) in [7, 11) is 0. The summed E-state index contributed by atoms with van der Waals surface area (Å²) in [6, 6.07) is 15.8. The van der Waals surface area contributed by atoms with Crippen LogP contribution in [0.25, 0.3) is 5.57 Å². The Labute approximate surface area is 172 Å². The number of imide groups is 1. The van der Waals surface area contributed by atoms with Crippen molar-refractivity contribution < 1.29 is 9.59 Å². The Morgan fingerprint density at radius 2 is 1.72 bits per heavy atom. The van der Waals surface area contributed by atoms with Gasteiger partial charge in [-0.15, -0.1) is 0 Å². The number of amides is 2. The first-order valence-corrected chi connectivity index (χ1v) is 10.4. The Balaban J connectivity index is 1.77. The molecule has 0 saturated carbocycles. The molecule has 1 fully saturated rings. The highest BCUT2D eigenvalue weighted by atomic mass is 16.2. The van der Waals surface area contributed by atoms with E-state index < -0.39 is 0 Å². The summed E-state index contributed by atoms with van der Waals surface area (Å²) in [4.78, 5) is 30.5. The number of hydrogen-bond acceptors (Lipinski definition) is 3. The van der Waals surface area contributed by atoms with E-state index in [0.29, 0.717) is 23.7 Å². The first-order chi connectivity index (χ1) is 14.0. The number of carbonyl (C=O) groups is 2. The van der Waals surface area contributed by atoms with Gasteiger partial charge in [0, 0.05) is 13.1 Å². The predicted octanol–water partition coefficient (Wildman–Crippen LogP) is 4.32. The molecular weight excluding hydrogens is 360 g/mol. The summed E-state index contributed by atoms with van der Waals surface area (Å²) in [6.45, 7) is 8.27. The maximum Gasteiger partial charge on any atom is 0.278 e. The third-order valence-electron chi connectivity index (χ3n) is 6.10. The normalized spacial score (nSPS) is 20.0. The molecule has 150 valence electrons. The highest BCUT2D eigenvalue weighted by Gasteiger charge is 2.42. The molecule has 2 aliphatic heterocycles. The lowest BCUT2D eigenvalue weighted by Gasteiger charge is -2.33. The summed E-state index contributed by atoms with van der Waals surface area (Å²) in [5.41, 5.74) is 5.25. The van der Waals surface area contributed by atoms with Crippen LogP contribution in [0.4, 0.5) is 0 Å². The van der Waals surface area contributed by atoms with Gasteiger partial charge in [0.25, 0.3) is 11.8 Å². The van der Waals surface area contributed by atoms with Gasteiger partial charge in [0.2, 0.25) is 0 Å². The molecule has 0 N–H and O–H groups in total. The van der Waals surface area contributed by atoms with Crippen LogP contribution in [0.2, 0.25) is 0 Å². The fourth-order valence-corrected chi connectivity index (χ4v) is 4.32. The second-order valence-corrected chi connectivity index (χ2v) is 8.40. The van der Waals surface area contributed by atoms with Gasteiger partial charge in [-0.1, -0.05) is 55.5 Å². The molecule has 4 nitrogen and oxygen atoms in total. The van der Waals surface area contributed by atoms with Crippen molar-refractivity contribution in [1.82, 2.24) is 9.80 Å². The van der Waals surface area contributed by atoms with Crippen molar-refractivity contribution in [3.8, 4) is 0 Å². The number of nitrogens with zero attached hydrogens (tertiary/aromatic N) is 2. The number of likely N-dealkylation sites (tertiary alicyclic amines) is 1. The van der Waals surface area contributed by atoms with E-state index in [2.05, 4.69) is 18.7 Å². The quantitative estimate of drug-likeness (QED) is 0.733. The molecule has 2 amide bonds. The van der Waals surface area contributed by atoms with Gasteiger partial charge in [-0.2, -0.15) is 0 Å². The smallest absolute Gasteiger partial charge is 0.278 e. The monoisotopic (exact) mass is 388 g/mol. The number of piperidine rings is 1. The second kappa shape index (κ2) is 7.86. The molecule has 1 unspecified atom stereocenters. The van der Waals surface area contributed by atoms with Crippen LogP contribution < -0.4 is 0 Å². The average molecular weight is 389 g/mol. The van der Waals surface area contributed by atoms with Crippen LogP contribution in [0.5, 0.6) is 0 Å². The molecule has 4 heteroatoms. The molecule has 4 rings (SSSR count). The molecule has 2 aliphatic rings. The van der Waals surface area contributed by atoms with Gasteiger partial charge in [-0.05, 0) is 54.9 Å². The van der Waals surface area contributed by atoms with Crippen LogP contribution in [0.1, 0.15) is 42.0 Å². The molecule has 0 aliphatic carbocycles. The lowest BCUT2D eigenvalue weighted by Crippen LogP contribution is -2.39. The Hall–Kier alpha value is -2.88. The van der Waals surface area contributed by atoms with E-state index in [-0.39, 0.29) is 11.8 Å². The van der Waals surface area contributed by atoms with Gasteiger partial charge in [0.1, 0.15) is 5.70 Å². The van der Waals surface area contributed by atoms with Crippen molar-refractivity contribution in [1.29, 1.82) is 0 Å². The van der Waals surface area contributed by atoms with Gasteiger partial charge in [-0.3, -0.25) is 14.5 Å². The minimum Gasteiger partial charge on any atom is -0.366 e. The van der Waals surface area contributed by atoms with E-state index in [1.54, 1.807) is 0 Å². The molecule has 0 spiro atoms. The Kier molecular flexibility index (Phi) is 5.27. The maximum absolute atomic E-state index is 13.5. The fourth-order valence-electron chi connectivity index (χ4n) is 4.32. The van der Waals surface area contributed by atoms with E-state index >= 15 is 0 Å². The first-order valence-electron chi connectivity index (χ1n) is 10.4. The topological polar surface area (TPSA) is 40.6 Å². The van der Waals surface area contributed by atoms with Gasteiger partial charge in [-0.25, -0.2) is 0 Å². The Morgan fingerprint density at radius 3 is 2.41 bits per heavy atom. The number of rotatable bonds is 4. The molecule has 1 atom stereocenters. The third kappa shape index (κ3) is 3.71. The molecule has 1 saturated heterocycles. The zero-order valence-corrected chi connectivity index (χ0v) is 17.4. The maximum atomic E-state index is 13.5. The minimum absolute atomic E-state index is 0.166. The van der Waals surface area contributed by atoms with Gasteiger partial charge in [0.15, 0.2) is 0 Å². The summed E-state index contributed by atoms with van der Waals surface area (Å²) in [6.07, 6.45) is 2.21. The Bertz CT molecular complexity index is 978. The van der Waals surface area contributed by atoms with Crippen molar-refractivity contribution in [2.45, 2.75) is 40.2 Å². The first kappa shape index (κ1) is 19.4.